The third-order valence-electron chi connectivity index (χ3n) is 3.55. The van der Waals surface area contributed by atoms with Gasteiger partial charge in [-0.05, 0) is 18.2 Å². The van der Waals surface area contributed by atoms with Gasteiger partial charge in [-0.25, -0.2) is 4.79 Å². The molecule has 1 amide bonds. The van der Waals surface area contributed by atoms with Crippen molar-refractivity contribution in [3.05, 3.63) is 57.7 Å². The summed E-state index contributed by atoms with van der Waals surface area (Å²) in [4.78, 5) is 26.5. The van der Waals surface area contributed by atoms with E-state index in [1.54, 1.807) is 0 Å². The highest BCUT2D eigenvalue weighted by Gasteiger charge is 2.27. The zero-order valence-electron chi connectivity index (χ0n) is 13.3. The fourth-order valence-electron chi connectivity index (χ4n) is 2.27. The summed E-state index contributed by atoms with van der Waals surface area (Å²) >= 11 is 0. The molecule has 1 aromatic carbocycles. The minimum absolute atomic E-state index is 0.104. The van der Waals surface area contributed by atoms with E-state index in [2.05, 4.69) is 4.98 Å². The van der Waals surface area contributed by atoms with Gasteiger partial charge in [0.15, 0.2) is 5.56 Å². The fraction of sp³-hybridized carbons (Fsp3) is 0.0625. The molecule has 3 aromatic rings. The molecule has 0 aliphatic heterocycles. The molecule has 0 spiro atoms. The Hall–Kier alpha value is -3.63. The highest BCUT2D eigenvalue weighted by Crippen LogP contribution is 2.30. The van der Waals surface area contributed by atoms with Crippen LogP contribution in [0.1, 0.15) is 10.4 Å². The normalized spacial score (nSPS) is 10.9. The van der Waals surface area contributed by atoms with Gasteiger partial charge in [0.25, 0.3) is 17.8 Å². The van der Waals surface area contributed by atoms with Gasteiger partial charge in [-0.2, -0.15) is 22.5 Å². The molecule has 2 heterocycles. The number of carbonyl (C=O) groups is 1. The van der Waals surface area contributed by atoms with Crippen LogP contribution in [0.25, 0.3) is 11.0 Å². The molecule has 2 aromatic heterocycles. The molecule has 0 aliphatic rings. The second-order valence-corrected chi connectivity index (χ2v) is 5.13. The first-order chi connectivity index (χ1) is 12.7. The number of pyridine rings is 1. The number of fused-ring (bicyclic) bond motifs is 1. The van der Waals surface area contributed by atoms with Crippen molar-refractivity contribution in [2.45, 2.75) is 0 Å². The van der Waals surface area contributed by atoms with Crippen LogP contribution in [0.4, 0.5) is 23.2 Å². The third-order valence-corrected chi connectivity index (χ3v) is 3.55. The SMILES string of the molecule is COc1ccc2oc(=O)c(C(=O)Nc3c(F)c(F)nc(F)c3F)c(O)c2c1. The van der Waals surface area contributed by atoms with Crippen LogP contribution in [0.5, 0.6) is 11.5 Å². The fourth-order valence-corrected chi connectivity index (χ4v) is 2.27. The van der Waals surface area contributed by atoms with Crippen LogP contribution in [0.15, 0.2) is 27.4 Å². The van der Waals surface area contributed by atoms with Crippen LogP contribution < -0.4 is 15.7 Å². The Morgan fingerprint density at radius 3 is 2.41 bits per heavy atom. The van der Waals surface area contributed by atoms with Crippen molar-refractivity contribution >= 4 is 22.6 Å². The molecule has 0 aliphatic carbocycles. The average Bonchev–Trinajstić information content (AvgIpc) is 2.63. The topological polar surface area (TPSA) is 102 Å². The molecule has 0 fully saturated rings. The van der Waals surface area contributed by atoms with Gasteiger partial charge in [0, 0.05) is 0 Å². The number of ether oxygens (including phenoxy) is 1. The van der Waals surface area contributed by atoms with Crippen LogP contribution in [0.2, 0.25) is 0 Å². The smallest absolute Gasteiger partial charge is 0.353 e. The van der Waals surface area contributed by atoms with Gasteiger partial charge >= 0.3 is 5.63 Å². The number of halogens is 4. The number of nitrogens with zero attached hydrogens (tertiary/aromatic N) is 1. The lowest BCUT2D eigenvalue weighted by molar-refractivity contribution is 0.101. The predicted molar refractivity (Wildman–Crippen MR) is 82.7 cm³/mol. The Bertz CT molecular complexity index is 1120. The van der Waals surface area contributed by atoms with E-state index in [0.717, 1.165) is 0 Å². The summed E-state index contributed by atoms with van der Waals surface area (Å²) in [5.41, 5.74) is -4.01. The van der Waals surface area contributed by atoms with Crippen LogP contribution in [0.3, 0.4) is 0 Å². The van der Waals surface area contributed by atoms with E-state index >= 15 is 0 Å². The van der Waals surface area contributed by atoms with Crippen molar-refractivity contribution in [2.75, 3.05) is 12.4 Å². The number of nitrogens with one attached hydrogen (secondary N) is 1. The number of hydrogen-bond acceptors (Lipinski definition) is 6. The highest BCUT2D eigenvalue weighted by molar-refractivity contribution is 6.08. The van der Waals surface area contributed by atoms with E-state index in [1.807, 2.05) is 0 Å². The van der Waals surface area contributed by atoms with E-state index in [1.165, 1.54) is 30.6 Å². The molecule has 0 radical (unpaired) electrons. The molecule has 140 valence electrons. The predicted octanol–water partition coefficient (Wildman–Crippen LogP) is 2.71. The lowest BCUT2D eigenvalue weighted by atomic mass is 10.1. The number of rotatable bonds is 3. The second kappa shape index (κ2) is 6.59. The first-order valence-electron chi connectivity index (χ1n) is 7.09. The number of amides is 1. The van der Waals surface area contributed by atoms with Crippen LogP contribution in [-0.4, -0.2) is 23.1 Å². The monoisotopic (exact) mass is 384 g/mol. The summed E-state index contributed by atoms with van der Waals surface area (Å²) < 4.78 is 63.3. The van der Waals surface area contributed by atoms with Crippen molar-refractivity contribution in [1.82, 2.24) is 4.98 Å². The Morgan fingerprint density at radius 1 is 1.19 bits per heavy atom. The Morgan fingerprint density at radius 2 is 1.81 bits per heavy atom. The number of hydrogen-bond donors (Lipinski definition) is 2. The zero-order chi connectivity index (χ0) is 19.9. The number of benzene rings is 1. The van der Waals surface area contributed by atoms with Crippen LogP contribution >= 0.6 is 0 Å². The lowest BCUT2D eigenvalue weighted by Crippen LogP contribution is -2.23. The van der Waals surface area contributed by atoms with E-state index in [-0.39, 0.29) is 16.7 Å². The molecule has 0 saturated carbocycles. The number of methoxy groups -OCH3 is 1. The molecule has 0 atom stereocenters. The molecule has 27 heavy (non-hydrogen) atoms. The van der Waals surface area contributed by atoms with Crippen LogP contribution in [0, 0.1) is 23.5 Å². The zero-order valence-corrected chi connectivity index (χ0v) is 13.3. The maximum atomic E-state index is 13.6. The number of aromatic hydroxyl groups is 1. The molecule has 0 saturated heterocycles. The van der Waals surface area contributed by atoms with Gasteiger partial charge in [0.1, 0.15) is 22.8 Å². The minimum atomic E-state index is -2.01. The Balaban J connectivity index is 2.13. The molecular formula is C16H8F4N2O5. The summed E-state index contributed by atoms with van der Waals surface area (Å²) in [7, 11) is 1.32. The van der Waals surface area contributed by atoms with Crippen LogP contribution in [-0.2, 0) is 0 Å². The maximum absolute atomic E-state index is 13.6. The first kappa shape index (κ1) is 18.2. The van der Waals surface area contributed by atoms with Gasteiger partial charge in [0.05, 0.1) is 12.5 Å². The largest absolute Gasteiger partial charge is 0.506 e. The van der Waals surface area contributed by atoms with Crippen molar-refractivity contribution in [3.8, 4) is 11.5 Å². The third kappa shape index (κ3) is 3.03. The molecule has 0 bridgehead atoms. The van der Waals surface area contributed by atoms with Gasteiger partial charge < -0.3 is 19.6 Å². The van der Waals surface area contributed by atoms with Gasteiger partial charge in [0.2, 0.25) is 11.6 Å². The molecule has 11 heteroatoms. The Kier molecular flexibility index (Phi) is 4.44. The summed E-state index contributed by atoms with van der Waals surface area (Å²) in [5.74, 6) is -10.2. The maximum Gasteiger partial charge on any atom is 0.353 e. The van der Waals surface area contributed by atoms with Crippen molar-refractivity contribution < 1.29 is 36.6 Å². The van der Waals surface area contributed by atoms with Gasteiger partial charge in [-0.3, -0.25) is 4.79 Å². The van der Waals surface area contributed by atoms with Crippen molar-refractivity contribution in [3.63, 3.8) is 0 Å². The average molecular weight is 384 g/mol. The van der Waals surface area contributed by atoms with Gasteiger partial charge in [-0.1, -0.05) is 0 Å². The standard InChI is InChI=1S/C16H8F4N2O5/c1-26-5-2-3-7-6(4-5)12(23)8(16(25)27-7)15(24)21-11-9(17)13(19)22-14(20)10(11)18/h2-4,23H,1H3,(H,21,22,24). The molecular weight excluding hydrogens is 376 g/mol. The van der Waals surface area contributed by atoms with E-state index < -0.39 is 52.1 Å². The summed E-state index contributed by atoms with van der Waals surface area (Å²) in [6.07, 6.45) is 0. The molecule has 2 N–H and O–H groups in total. The van der Waals surface area contributed by atoms with E-state index in [4.69, 9.17) is 9.15 Å². The van der Waals surface area contributed by atoms with Crippen molar-refractivity contribution in [1.29, 1.82) is 0 Å². The van der Waals surface area contributed by atoms with Gasteiger partial charge in [-0.15, -0.1) is 0 Å². The number of anilines is 1. The highest BCUT2D eigenvalue weighted by atomic mass is 19.2. The summed E-state index contributed by atoms with van der Waals surface area (Å²) in [6.45, 7) is 0. The summed E-state index contributed by atoms with van der Waals surface area (Å²) in [5, 5.41) is 11.6. The number of aromatic nitrogens is 1. The second-order valence-electron chi connectivity index (χ2n) is 5.13. The molecule has 3 rings (SSSR count). The number of carbonyl (C=O) groups excluding carboxylic acids is 1. The van der Waals surface area contributed by atoms with E-state index in [9.17, 15) is 32.3 Å². The van der Waals surface area contributed by atoms with E-state index in [0.29, 0.717) is 0 Å². The lowest BCUT2D eigenvalue weighted by Gasteiger charge is -2.10. The quantitative estimate of drug-likeness (QED) is 0.409. The minimum Gasteiger partial charge on any atom is -0.506 e. The first-order valence-corrected chi connectivity index (χ1v) is 7.09. The molecule has 0 unspecified atom stereocenters. The molecule has 7 nitrogen and oxygen atoms in total. The summed E-state index contributed by atoms with van der Waals surface area (Å²) in [6, 6.07) is 3.93. The van der Waals surface area contributed by atoms with Crippen molar-refractivity contribution in [2.24, 2.45) is 0 Å². The Labute approximate surface area is 146 Å².